The molecular weight excluding hydrogens is 388 g/mol. The Morgan fingerprint density at radius 1 is 1.00 bits per heavy atom. The molecule has 0 radical (unpaired) electrons. The summed E-state index contributed by atoms with van der Waals surface area (Å²) in [4.78, 5) is 36.6. The summed E-state index contributed by atoms with van der Waals surface area (Å²) in [6.07, 6.45) is 1.95. The molecule has 156 valence electrons. The van der Waals surface area contributed by atoms with Crippen LogP contribution in [-0.2, 0) is 20.7 Å². The van der Waals surface area contributed by atoms with E-state index >= 15 is 0 Å². The molecule has 1 saturated carbocycles. The van der Waals surface area contributed by atoms with Gasteiger partial charge in [-0.1, -0.05) is 18.2 Å². The molecule has 0 atom stereocenters. The van der Waals surface area contributed by atoms with E-state index in [1.165, 1.54) is 0 Å². The third-order valence-electron chi connectivity index (χ3n) is 4.68. The van der Waals surface area contributed by atoms with Crippen molar-refractivity contribution in [2.45, 2.75) is 25.3 Å². The second-order valence-electron chi connectivity index (χ2n) is 7.16. The minimum Gasteiger partial charge on any atom is -0.486 e. The highest BCUT2D eigenvalue weighted by molar-refractivity contribution is 6.04. The number of hydrogen-bond donors (Lipinski definition) is 2. The van der Waals surface area contributed by atoms with Gasteiger partial charge in [0.15, 0.2) is 18.1 Å². The molecule has 1 aliphatic carbocycles. The van der Waals surface area contributed by atoms with Crippen molar-refractivity contribution >= 4 is 23.5 Å². The van der Waals surface area contributed by atoms with Gasteiger partial charge in [-0.2, -0.15) is 0 Å². The number of carbonyl (C=O) groups is 3. The number of benzene rings is 2. The maximum absolute atomic E-state index is 12.3. The molecule has 0 bridgehead atoms. The van der Waals surface area contributed by atoms with Gasteiger partial charge in [0.1, 0.15) is 13.2 Å². The van der Waals surface area contributed by atoms with Crippen LogP contribution in [0.1, 0.15) is 28.8 Å². The summed E-state index contributed by atoms with van der Waals surface area (Å²) < 4.78 is 16.0. The number of esters is 1. The van der Waals surface area contributed by atoms with E-state index in [9.17, 15) is 14.4 Å². The van der Waals surface area contributed by atoms with Crippen LogP contribution >= 0.6 is 0 Å². The monoisotopic (exact) mass is 410 g/mol. The van der Waals surface area contributed by atoms with E-state index in [1.807, 2.05) is 0 Å². The van der Waals surface area contributed by atoms with E-state index < -0.39 is 18.5 Å². The normalized spacial score (nSPS) is 14.5. The molecule has 2 aliphatic rings. The van der Waals surface area contributed by atoms with Crippen molar-refractivity contribution in [3.05, 3.63) is 53.6 Å². The lowest BCUT2D eigenvalue weighted by molar-refractivity contribution is -0.146. The lowest BCUT2D eigenvalue weighted by Crippen LogP contribution is -2.28. The fourth-order valence-corrected chi connectivity index (χ4v) is 3.03. The molecule has 0 spiro atoms. The predicted octanol–water partition coefficient (Wildman–Crippen LogP) is 2.07. The molecule has 2 N–H and O–H groups in total. The fourth-order valence-electron chi connectivity index (χ4n) is 3.03. The Hall–Kier alpha value is -3.55. The van der Waals surface area contributed by atoms with Crippen LogP contribution in [0.3, 0.4) is 0 Å². The molecule has 30 heavy (non-hydrogen) atoms. The average Bonchev–Trinajstić information content (AvgIpc) is 3.56. The first-order chi connectivity index (χ1) is 14.6. The van der Waals surface area contributed by atoms with Crippen molar-refractivity contribution < 1.29 is 28.6 Å². The maximum atomic E-state index is 12.3. The topological polar surface area (TPSA) is 103 Å². The van der Waals surface area contributed by atoms with Gasteiger partial charge in [-0.15, -0.1) is 0 Å². The first-order valence-electron chi connectivity index (χ1n) is 9.82. The molecule has 1 fully saturated rings. The molecule has 0 unspecified atom stereocenters. The first kappa shape index (κ1) is 19.8. The van der Waals surface area contributed by atoms with E-state index in [0.717, 1.165) is 12.8 Å². The molecule has 4 rings (SSSR count). The van der Waals surface area contributed by atoms with Crippen LogP contribution in [0.2, 0.25) is 0 Å². The van der Waals surface area contributed by atoms with Gasteiger partial charge in [0.2, 0.25) is 0 Å². The van der Waals surface area contributed by atoms with Crippen molar-refractivity contribution in [2.75, 3.05) is 25.1 Å². The van der Waals surface area contributed by atoms with Gasteiger partial charge in [-0.3, -0.25) is 14.4 Å². The summed E-state index contributed by atoms with van der Waals surface area (Å²) in [7, 11) is 0. The predicted molar refractivity (Wildman–Crippen MR) is 108 cm³/mol. The maximum Gasteiger partial charge on any atom is 0.310 e. The van der Waals surface area contributed by atoms with Crippen LogP contribution in [0.25, 0.3) is 0 Å². The van der Waals surface area contributed by atoms with Gasteiger partial charge in [-0.05, 0) is 42.7 Å². The number of para-hydroxylation sites is 1. The molecule has 8 heteroatoms. The van der Waals surface area contributed by atoms with Crippen LogP contribution in [0, 0.1) is 0 Å². The Balaban J connectivity index is 1.28. The molecule has 8 nitrogen and oxygen atoms in total. The van der Waals surface area contributed by atoms with Crippen LogP contribution in [0.4, 0.5) is 5.69 Å². The Morgan fingerprint density at radius 2 is 1.77 bits per heavy atom. The zero-order valence-electron chi connectivity index (χ0n) is 16.3. The third kappa shape index (κ3) is 5.08. The zero-order chi connectivity index (χ0) is 20.9. The highest BCUT2D eigenvalue weighted by Crippen LogP contribution is 2.30. The molecule has 1 heterocycles. The second-order valence-corrected chi connectivity index (χ2v) is 7.16. The lowest BCUT2D eigenvalue weighted by atomic mass is 10.1. The Labute approximate surface area is 173 Å². The minimum absolute atomic E-state index is 0.00427. The molecule has 2 amide bonds. The van der Waals surface area contributed by atoms with Crippen molar-refractivity contribution in [1.82, 2.24) is 5.32 Å². The summed E-state index contributed by atoms with van der Waals surface area (Å²) in [5.41, 5.74) is 1.45. The summed E-state index contributed by atoms with van der Waals surface area (Å²) in [6, 6.07) is 12.2. The van der Waals surface area contributed by atoms with Gasteiger partial charge in [0, 0.05) is 6.04 Å². The number of fused-ring (bicyclic) bond motifs is 1. The molecular formula is C22H22N2O6. The average molecular weight is 410 g/mol. The van der Waals surface area contributed by atoms with Crippen LogP contribution in [-0.4, -0.2) is 43.6 Å². The van der Waals surface area contributed by atoms with E-state index in [-0.39, 0.29) is 18.4 Å². The van der Waals surface area contributed by atoms with Gasteiger partial charge in [0.25, 0.3) is 11.8 Å². The van der Waals surface area contributed by atoms with Gasteiger partial charge >= 0.3 is 5.97 Å². The minimum atomic E-state index is -0.540. The quantitative estimate of drug-likeness (QED) is 0.678. The van der Waals surface area contributed by atoms with Crippen molar-refractivity contribution in [3.63, 3.8) is 0 Å². The van der Waals surface area contributed by atoms with Crippen molar-refractivity contribution in [2.24, 2.45) is 0 Å². The SMILES string of the molecule is O=C(COC(=O)Cc1ccc2c(c1)OCCO2)Nc1ccccc1C(=O)NC1CC1. The summed E-state index contributed by atoms with van der Waals surface area (Å²) in [5, 5.41) is 5.52. The van der Waals surface area contributed by atoms with Gasteiger partial charge in [0.05, 0.1) is 17.7 Å². The highest BCUT2D eigenvalue weighted by atomic mass is 16.6. The smallest absolute Gasteiger partial charge is 0.310 e. The van der Waals surface area contributed by atoms with E-state index in [0.29, 0.717) is 41.5 Å². The Kier molecular flexibility index (Phi) is 5.83. The second kappa shape index (κ2) is 8.86. The van der Waals surface area contributed by atoms with Gasteiger partial charge in [-0.25, -0.2) is 0 Å². The molecule has 2 aromatic rings. The number of hydrogen-bond acceptors (Lipinski definition) is 6. The number of ether oxygens (including phenoxy) is 3. The molecule has 2 aromatic carbocycles. The molecule has 1 aliphatic heterocycles. The van der Waals surface area contributed by atoms with Crippen LogP contribution in [0.15, 0.2) is 42.5 Å². The summed E-state index contributed by atoms with van der Waals surface area (Å²) in [6.45, 7) is 0.512. The van der Waals surface area contributed by atoms with E-state index in [2.05, 4.69) is 10.6 Å². The third-order valence-corrected chi connectivity index (χ3v) is 4.68. The number of nitrogens with one attached hydrogen (secondary N) is 2. The summed E-state index contributed by atoms with van der Waals surface area (Å²) in [5.74, 6) is -0.0599. The lowest BCUT2D eigenvalue weighted by Gasteiger charge is -2.18. The van der Waals surface area contributed by atoms with E-state index in [1.54, 1.807) is 42.5 Å². The molecule has 0 aromatic heterocycles. The van der Waals surface area contributed by atoms with Crippen LogP contribution in [0.5, 0.6) is 11.5 Å². The largest absolute Gasteiger partial charge is 0.486 e. The fraction of sp³-hybridized carbons (Fsp3) is 0.318. The summed E-state index contributed by atoms with van der Waals surface area (Å²) >= 11 is 0. The van der Waals surface area contributed by atoms with Crippen molar-refractivity contribution in [3.8, 4) is 11.5 Å². The highest BCUT2D eigenvalue weighted by Gasteiger charge is 2.25. The molecule has 0 saturated heterocycles. The number of anilines is 1. The Morgan fingerprint density at radius 3 is 2.57 bits per heavy atom. The zero-order valence-corrected chi connectivity index (χ0v) is 16.3. The number of rotatable bonds is 7. The Bertz CT molecular complexity index is 970. The van der Waals surface area contributed by atoms with Crippen molar-refractivity contribution in [1.29, 1.82) is 0 Å². The van der Waals surface area contributed by atoms with E-state index in [4.69, 9.17) is 14.2 Å². The number of carbonyl (C=O) groups excluding carboxylic acids is 3. The standard InChI is InChI=1S/C22H22N2O6/c25-20(24-17-4-2-1-3-16(17)22(27)23-15-6-7-15)13-30-21(26)12-14-5-8-18-19(11-14)29-10-9-28-18/h1-5,8,11,15H,6-7,9-10,12-13H2,(H,23,27)(H,24,25). The first-order valence-corrected chi connectivity index (χ1v) is 9.82. The number of amides is 2. The van der Waals surface area contributed by atoms with Crippen LogP contribution < -0.4 is 20.1 Å². The van der Waals surface area contributed by atoms with Gasteiger partial charge < -0.3 is 24.8 Å².